The summed E-state index contributed by atoms with van der Waals surface area (Å²) in [6.07, 6.45) is 8.76. The second kappa shape index (κ2) is 6.57. The summed E-state index contributed by atoms with van der Waals surface area (Å²) in [4.78, 5) is 8.32. The first-order valence-electron chi connectivity index (χ1n) is 7.76. The van der Waals surface area contributed by atoms with Gasteiger partial charge in [-0.3, -0.25) is 9.97 Å². The van der Waals surface area contributed by atoms with E-state index in [2.05, 4.69) is 9.97 Å². The van der Waals surface area contributed by atoms with Crippen molar-refractivity contribution in [2.75, 3.05) is 0 Å². The highest BCUT2D eigenvalue weighted by atomic mass is 19.1. The number of aromatic nitrogens is 3. The van der Waals surface area contributed by atoms with Crippen molar-refractivity contribution in [3.63, 3.8) is 0 Å². The fourth-order valence-electron chi connectivity index (χ4n) is 2.54. The number of pyridine rings is 2. The molecule has 122 valence electrons. The largest absolute Gasteiger partial charge is 0.456 e. The molecule has 4 rings (SSSR count). The van der Waals surface area contributed by atoms with Crippen molar-refractivity contribution in [1.29, 1.82) is 0 Å². The van der Waals surface area contributed by atoms with Gasteiger partial charge in [-0.1, -0.05) is 6.07 Å². The summed E-state index contributed by atoms with van der Waals surface area (Å²) < 4.78 is 21.5. The van der Waals surface area contributed by atoms with Gasteiger partial charge in [0.1, 0.15) is 17.3 Å². The Morgan fingerprint density at radius 1 is 0.920 bits per heavy atom. The second-order valence-corrected chi connectivity index (χ2v) is 5.46. The number of rotatable bonds is 4. The molecule has 0 aliphatic carbocycles. The average molecular weight is 331 g/mol. The predicted octanol–water partition coefficient (Wildman–Crippen LogP) is 4.87. The Hall–Kier alpha value is -3.47. The van der Waals surface area contributed by atoms with E-state index in [0.29, 0.717) is 17.2 Å². The fraction of sp³-hybridized carbons (Fsp3) is 0. The summed E-state index contributed by atoms with van der Waals surface area (Å²) in [5, 5.41) is 0. The van der Waals surface area contributed by atoms with Crippen LogP contribution >= 0.6 is 0 Å². The highest BCUT2D eigenvalue weighted by molar-refractivity contribution is 5.59. The molecule has 0 spiro atoms. The zero-order valence-corrected chi connectivity index (χ0v) is 13.2. The number of benzene rings is 1. The van der Waals surface area contributed by atoms with Gasteiger partial charge in [0.25, 0.3) is 0 Å². The maximum absolute atomic E-state index is 14.0. The lowest BCUT2D eigenvalue weighted by atomic mass is 10.2. The molecule has 4 nitrogen and oxygen atoms in total. The highest BCUT2D eigenvalue weighted by Gasteiger charge is 2.07. The molecule has 3 heterocycles. The third-order valence-corrected chi connectivity index (χ3v) is 3.68. The van der Waals surface area contributed by atoms with Crippen molar-refractivity contribution < 1.29 is 9.13 Å². The number of hydrogen-bond acceptors (Lipinski definition) is 3. The van der Waals surface area contributed by atoms with Gasteiger partial charge in [-0.2, -0.15) is 0 Å². The van der Waals surface area contributed by atoms with E-state index in [1.165, 1.54) is 12.1 Å². The molecule has 0 aliphatic heterocycles. The Kier molecular flexibility index (Phi) is 3.96. The van der Waals surface area contributed by atoms with Gasteiger partial charge in [0.05, 0.1) is 17.6 Å². The molecule has 0 aliphatic rings. The molecular weight excluding hydrogens is 317 g/mol. The third-order valence-electron chi connectivity index (χ3n) is 3.68. The van der Waals surface area contributed by atoms with Crippen LogP contribution in [0.5, 0.6) is 11.5 Å². The number of hydrogen-bond donors (Lipinski definition) is 0. The zero-order valence-electron chi connectivity index (χ0n) is 13.2. The topological polar surface area (TPSA) is 39.9 Å². The van der Waals surface area contributed by atoms with Gasteiger partial charge in [-0.15, -0.1) is 0 Å². The normalized spacial score (nSPS) is 10.6. The second-order valence-electron chi connectivity index (χ2n) is 5.46. The summed E-state index contributed by atoms with van der Waals surface area (Å²) in [7, 11) is 0. The van der Waals surface area contributed by atoms with Gasteiger partial charge < -0.3 is 9.30 Å². The Morgan fingerprint density at radius 2 is 1.88 bits per heavy atom. The van der Waals surface area contributed by atoms with Crippen molar-refractivity contribution in [2.45, 2.75) is 0 Å². The first-order chi connectivity index (χ1) is 12.3. The van der Waals surface area contributed by atoms with Crippen LogP contribution in [0.1, 0.15) is 0 Å². The van der Waals surface area contributed by atoms with Gasteiger partial charge in [-0.25, -0.2) is 4.39 Å². The molecule has 1 aromatic carbocycles. The third kappa shape index (κ3) is 3.40. The maximum Gasteiger partial charge on any atom is 0.145 e. The molecule has 0 N–H and O–H groups in total. The van der Waals surface area contributed by atoms with Crippen LogP contribution in [0.25, 0.3) is 16.9 Å². The predicted molar refractivity (Wildman–Crippen MR) is 93.3 cm³/mol. The van der Waals surface area contributed by atoms with Crippen LogP contribution in [-0.4, -0.2) is 14.5 Å². The number of ether oxygens (including phenoxy) is 1. The van der Waals surface area contributed by atoms with Crippen LogP contribution in [0.3, 0.4) is 0 Å². The lowest BCUT2D eigenvalue weighted by molar-refractivity contribution is 0.474. The molecule has 0 amide bonds. The van der Waals surface area contributed by atoms with Crippen molar-refractivity contribution in [3.8, 4) is 28.4 Å². The monoisotopic (exact) mass is 331 g/mol. The maximum atomic E-state index is 14.0. The zero-order chi connectivity index (χ0) is 17.1. The fourth-order valence-corrected chi connectivity index (χ4v) is 2.54. The van der Waals surface area contributed by atoms with Crippen LogP contribution in [0.4, 0.5) is 4.39 Å². The molecule has 0 atom stereocenters. The van der Waals surface area contributed by atoms with E-state index in [1.54, 1.807) is 36.8 Å². The van der Waals surface area contributed by atoms with E-state index in [-0.39, 0.29) is 5.82 Å². The molecule has 25 heavy (non-hydrogen) atoms. The van der Waals surface area contributed by atoms with E-state index in [4.69, 9.17) is 4.74 Å². The quantitative estimate of drug-likeness (QED) is 0.536. The standard InChI is InChI=1S/C20H14FN3O/c21-16-10-17(12-19(11-16)25-18-4-3-7-22-13-18)24-9-6-15(14-24)20-5-1-2-8-23-20/h1-14H. The van der Waals surface area contributed by atoms with Crippen LogP contribution in [0, 0.1) is 5.82 Å². The minimum Gasteiger partial charge on any atom is -0.456 e. The summed E-state index contributed by atoms with van der Waals surface area (Å²) >= 11 is 0. The summed E-state index contributed by atoms with van der Waals surface area (Å²) in [5.74, 6) is 0.598. The Labute approximate surface area is 144 Å². The van der Waals surface area contributed by atoms with Crippen molar-refractivity contribution in [3.05, 3.63) is 91.4 Å². The highest BCUT2D eigenvalue weighted by Crippen LogP contribution is 2.26. The van der Waals surface area contributed by atoms with Crippen LogP contribution in [0.2, 0.25) is 0 Å². The molecular formula is C20H14FN3O. The van der Waals surface area contributed by atoms with E-state index >= 15 is 0 Å². The van der Waals surface area contributed by atoms with E-state index < -0.39 is 0 Å². The molecule has 0 saturated carbocycles. The number of halogens is 1. The molecule has 0 radical (unpaired) electrons. The van der Waals surface area contributed by atoms with Crippen molar-refractivity contribution >= 4 is 0 Å². The first-order valence-corrected chi connectivity index (χ1v) is 7.76. The van der Waals surface area contributed by atoms with Gasteiger partial charge in [0.15, 0.2) is 0 Å². The van der Waals surface area contributed by atoms with Crippen molar-refractivity contribution in [1.82, 2.24) is 14.5 Å². The molecule has 0 bridgehead atoms. The lowest BCUT2D eigenvalue weighted by Crippen LogP contribution is -1.93. The minimum atomic E-state index is -0.371. The first kappa shape index (κ1) is 15.1. The SMILES string of the molecule is Fc1cc(Oc2cccnc2)cc(-n2ccc(-c3ccccn3)c2)c1. The molecule has 0 fully saturated rings. The molecule has 0 saturated heterocycles. The van der Waals surface area contributed by atoms with Crippen LogP contribution in [0.15, 0.2) is 85.6 Å². The Balaban J connectivity index is 1.66. The summed E-state index contributed by atoms with van der Waals surface area (Å²) in [6.45, 7) is 0. The number of nitrogens with zero attached hydrogens (tertiary/aromatic N) is 3. The van der Waals surface area contributed by atoms with Crippen LogP contribution in [-0.2, 0) is 0 Å². The van der Waals surface area contributed by atoms with Gasteiger partial charge in [0.2, 0.25) is 0 Å². The van der Waals surface area contributed by atoms with Crippen molar-refractivity contribution in [2.24, 2.45) is 0 Å². The molecule has 3 aromatic heterocycles. The molecule has 5 heteroatoms. The Bertz CT molecular complexity index is 984. The van der Waals surface area contributed by atoms with E-state index in [0.717, 1.165) is 11.3 Å². The van der Waals surface area contributed by atoms with Gasteiger partial charge >= 0.3 is 0 Å². The molecule has 0 unspecified atom stereocenters. The average Bonchev–Trinajstić information content (AvgIpc) is 3.13. The summed E-state index contributed by atoms with van der Waals surface area (Å²) in [6, 6.07) is 15.8. The lowest BCUT2D eigenvalue weighted by Gasteiger charge is -2.09. The minimum absolute atomic E-state index is 0.371. The van der Waals surface area contributed by atoms with E-state index in [1.807, 2.05) is 41.2 Å². The Morgan fingerprint density at radius 3 is 2.68 bits per heavy atom. The smallest absolute Gasteiger partial charge is 0.145 e. The summed E-state index contributed by atoms with van der Waals surface area (Å²) in [5.41, 5.74) is 2.49. The van der Waals surface area contributed by atoms with E-state index in [9.17, 15) is 4.39 Å². The molecule has 4 aromatic rings. The van der Waals surface area contributed by atoms with Gasteiger partial charge in [0, 0.05) is 42.5 Å². The van der Waals surface area contributed by atoms with Crippen LogP contribution < -0.4 is 4.74 Å². The van der Waals surface area contributed by atoms with Gasteiger partial charge in [-0.05, 0) is 36.4 Å².